The summed E-state index contributed by atoms with van der Waals surface area (Å²) in [5.41, 5.74) is -0.858. The van der Waals surface area contributed by atoms with Crippen molar-refractivity contribution in [1.29, 1.82) is 0 Å². The van der Waals surface area contributed by atoms with Gasteiger partial charge in [-0.05, 0) is 26.2 Å². The molecule has 1 fully saturated rings. The van der Waals surface area contributed by atoms with Gasteiger partial charge in [-0.2, -0.15) is 0 Å². The van der Waals surface area contributed by atoms with Crippen LogP contribution in [-0.2, 0) is 19.4 Å². The van der Waals surface area contributed by atoms with Gasteiger partial charge in [0.25, 0.3) is 0 Å². The third kappa shape index (κ3) is 4.47. The molecule has 1 amide bonds. The van der Waals surface area contributed by atoms with Gasteiger partial charge in [0.1, 0.15) is 5.75 Å². The van der Waals surface area contributed by atoms with Crippen molar-refractivity contribution < 1.29 is 23.1 Å². The van der Waals surface area contributed by atoms with Crippen LogP contribution < -0.4 is 5.32 Å². The van der Waals surface area contributed by atoms with Crippen molar-refractivity contribution in [3.05, 3.63) is 0 Å². The number of nitrogens with one attached hydrogen (secondary N) is 1. The molecule has 116 valence electrons. The Balaban J connectivity index is 2.74. The SMILES string of the molecule is CCCS(=O)(=O)CC(=O)NC1(C)CCCCC1C(=O)O. The monoisotopic (exact) mass is 305 g/mol. The molecule has 1 aliphatic rings. The van der Waals surface area contributed by atoms with E-state index < -0.39 is 38.9 Å². The molecule has 0 aromatic rings. The highest BCUT2D eigenvalue weighted by Crippen LogP contribution is 2.33. The maximum absolute atomic E-state index is 11.9. The molecule has 2 N–H and O–H groups in total. The first-order chi connectivity index (χ1) is 9.20. The molecule has 2 unspecified atom stereocenters. The summed E-state index contributed by atoms with van der Waals surface area (Å²) >= 11 is 0. The fraction of sp³-hybridized carbons (Fsp3) is 0.846. The first kappa shape index (κ1) is 16.9. The Bertz CT molecular complexity index is 473. The second-order valence-electron chi connectivity index (χ2n) is 5.69. The van der Waals surface area contributed by atoms with Crippen LogP contribution in [0.4, 0.5) is 0 Å². The molecule has 1 saturated carbocycles. The topological polar surface area (TPSA) is 101 Å². The highest BCUT2D eigenvalue weighted by molar-refractivity contribution is 7.92. The van der Waals surface area contributed by atoms with Crippen molar-refractivity contribution in [3.8, 4) is 0 Å². The molecule has 1 rings (SSSR count). The van der Waals surface area contributed by atoms with Crippen LogP contribution in [0.3, 0.4) is 0 Å². The van der Waals surface area contributed by atoms with Gasteiger partial charge < -0.3 is 10.4 Å². The van der Waals surface area contributed by atoms with Gasteiger partial charge in [-0.1, -0.05) is 19.8 Å². The average Bonchev–Trinajstić information content (AvgIpc) is 2.26. The van der Waals surface area contributed by atoms with E-state index in [0.717, 1.165) is 12.8 Å². The van der Waals surface area contributed by atoms with E-state index in [4.69, 9.17) is 0 Å². The summed E-state index contributed by atoms with van der Waals surface area (Å²) in [5, 5.41) is 11.9. The van der Waals surface area contributed by atoms with Crippen LogP contribution in [0.2, 0.25) is 0 Å². The van der Waals surface area contributed by atoms with Gasteiger partial charge in [0, 0.05) is 0 Å². The molecule has 0 bridgehead atoms. The number of carbonyl (C=O) groups excluding carboxylic acids is 1. The fourth-order valence-corrected chi connectivity index (χ4v) is 4.05. The number of hydrogen-bond acceptors (Lipinski definition) is 4. The quantitative estimate of drug-likeness (QED) is 0.761. The number of carboxylic acid groups (broad SMARTS) is 1. The Kier molecular flexibility index (Phi) is 5.56. The molecule has 0 heterocycles. The summed E-state index contributed by atoms with van der Waals surface area (Å²) in [7, 11) is -3.41. The number of amides is 1. The Hall–Kier alpha value is -1.11. The van der Waals surface area contributed by atoms with Crippen LogP contribution in [0, 0.1) is 5.92 Å². The molecule has 20 heavy (non-hydrogen) atoms. The van der Waals surface area contributed by atoms with Crippen molar-refractivity contribution in [2.24, 2.45) is 5.92 Å². The zero-order chi connectivity index (χ0) is 15.4. The predicted octanol–water partition coefficient (Wildman–Crippen LogP) is 0.961. The van der Waals surface area contributed by atoms with E-state index >= 15 is 0 Å². The number of carbonyl (C=O) groups is 2. The first-order valence-electron chi connectivity index (χ1n) is 6.94. The minimum Gasteiger partial charge on any atom is -0.481 e. The molecule has 0 aromatic carbocycles. The van der Waals surface area contributed by atoms with Gasteiger partial charge in [-0.15, -0.1) is 0 Å². The molecule has 7 heteroatoms. The molecule has 6 nitrogen and oxygen atoms in total. The second-order valence-corrected chi connectivity index (χ2v) is 7.88. The average molecular weight is 305 g/mol. The van der Waals surface area contributed by atoms with Gasteiger partial charge >= 0.3 is 5.97 Å². The van der Waals surface area contributed by atoms with Gasteiger partial charge in [0.05, 0.1) is 17.2 Å². The number of carboxylic acids is 1. The van der Waals surface area contributed by atoms with Crippen molar-refractivity contribution in [2.75, 3.05) is 11.5 Å². The van der Waals surface area contributed by atoms with E-state index in [2.05, 4.69) is 5.32 Å². The lowest BCUT2D eigenvalue weighted by molar-refractivity contribution is -0.146. The molecule has 0 aliphatic heterocycles. The molecular weight excluding hydrogens is 282 g/mol. The lowest BCUT2D eigenvalue weighted by Crippen LogP contribution is -2.56. The van der Waals surface area contributed by atoms with Gasteiger partial charge in [0.15, 0.2) is 9.84 Å². The minimum absolute atomic E-state index is 0.0283. The number of sulfone groups is 1. The maximum Gasteiger partial charge on any atom is 0.308 e. The van der Waals surface area contributed by atoms with Crippen LogP contribution in [-0.4, -0.2) is 42.4 Å². The lowest BCUT2D eigenvalue weighted by Gasteiger charge is -2.39. The van der Waals surface area contributed by atoms with E-state index in [1.54, 1.807) is 13.8 Å². The van der Waals surface area contributed by atoms with E-state index in [9.17, 15) is 23.1 Å². The molecule has 2 atom stereocenters. The third-order valence-corrected chi connectivity index (χ3v) is 5.53. The van der Waals surface area contributed by atoms with Crippen LogP contribution in [0.5, 0.6) is 0 Å². The predicted molar refractivity (Wildman–Crippen MR) is 75.1 cm³/mol. The van der Waals surface area contributed by atoms with E-state index in [0.29, 0.717) is 19.3 Å². The van der Waals surface area contributed by atoms with Gasteiger partial charge in [-0.3, -0.25) is 9.59 Å². The minimum atomic E-state index is -3.41. The molecule has 0 saturated heterocycles. The Labute approximate surface area is 119 Å². The molecule has 1 aliphatic carbocycles. The summed E-state index contributed by atoms with van der Waals surface area (Å²) in [6, 6.07) is 0. The Morgan fingerprint density at radius 2 is 2.00 bits per heavy atom. The standard InChI is InChI=1S/C13H23NO5S/c1-3-8-20(18,19)9-11(15)14-13(2)7-5-4-6-10(13)12(16)17/h10H,3-9H2,1-2H3,(H,14,15)(H,16,17). The first-order valence-corrected chi connectivity index (χ1v) is 8.76. The molecule has 0 spiro atoms. The molecule has 0 aromatic heterocycles. The van der Waals surface area contributed by atoms with Gasteiger partial charge in [-0.25, -0.2) is 8.42 Å². The Morgan fingerprint density at radius 1 is 1.35 bits per heavy atom. The highest BCUT2D eigenvalue weighted by Gasteiger charge is 2.42. The summed E-state index contributed by atoms with van der Waals surface area (Å²) in [4.78, 5) is 23.2. The Morgan fingerprint density at radius 3 is 2.55 bits per heavy atom. The number of rotatable bonds is 6. The summed E-state index contributed by atoms with van der Waals surface area (Å²) in [6.45, 7) is 3.42. The summed E-state index contributed by atoms with van der Waals surface area (Å²) in [6.07, 6.45) is 3.18. The number of hydrogen-bond donors (Lipinski definition) is 2. The zero-order valence-electron chi connectivity index (χ0n) is 12.0. The number of aliphatic carboxylic acids is 1. The molecular formula is C13H23NO5S. The summed E-state index contributed by atoms with van der Waals surface area (Å²) in [5.74, 6) is -2.80. The fourth-order valence-electron chi connectivity index (χ4n) is 2.82. The summed E-state index contributed by atoms with van der Waals surface area (Å²) < 4.78 is 23.3. The maximum atomic E-state index is 11.9. The van der Waals surface area contributed by atoms with Crippen molar-refractivity contribution >= 4 is 21.7 Å². The third-order valence-electron chi connectivity index (χ3n) is 3.80. The van der Waals surface area contributed by atoms with E-state index in [-0.39, 0.29) is 5.75 Å². The van der Waals surface area contributed by atoms with Crippen LogP contribution >= 0.6 is 0 Å². The smallest absolute Gasteiger partial charge is 0.308 e. The van der Waals surface area contributed by atoms with Crippen LogP contribution in [0.25, 0.3) is 0 Å². The van der Waals surface area contributed by atoms with E-state index in [1.165, 1.54) is 0 Å². The molecule has 0 radical (unpaired) electrons. The van der Waals surface area contributed by atoms with Gasteiger partial charge in [0.2, 0.25) is 5.91 Å². The van der Waals surface area contributed by atoms with Crippen LogP contribution in [0.1, 0.15) is 46.0 Å². The normalized spacial score (nSPS) is 27.0. The van der Waals surface area contributed by atoms with E-state index in [1.807, 2.05) is 0 Å². The second kappa shape index (κ2) is 6.56. The highest BCUT2D eigenvalue weighted by atomic mass is 32.2. The zero-order valence-corrected chi connectivity index (χ0v) is 12.8. The van der Waals surface area contributed by atoms with Crippen LogP contribution in [0.15, 0.2) is 0 Å². The van der Waals surface area contributed by atoms with Crippen molar-refractivity contribution in [1.82, 2.24) is 5.32 Å². The van der Waals surface area contributed by atoms with Crippen molar-refractivity contribution in [3.63, 3.8) is 0 Å². The lowest BCUT2D eigenvalue weighted by atomic mass is 9.74. The van der Waals surface area contributed by atoms with Crippen molar-refractivity contribution in [2.45, 2.75) is 51.5 Å². The largest absolute Gasteiger partial charge is 0.481 e.